The number of carbonyl (C=O) groups is 1. The minimum absolute atomic E-state index is 0.0246. The van der Waals surface area contributed by atoms with Crippen LogP contribution in [0.15, 0.2) is 21.9 Å². The monoisotopic (exact) mass is 265 g/mol. The average Bonchev–Trinajstić information content (AvgIpc) is 2.74. The molecule has 0 aromatic carbocycles. The van der Waals surface area contributed by atoms with E-state index in [-0.39, 0.29) is 5.91 Å². The van der Waals surface area contributed by atoms with Gasteiger partial charge in [-0.1, -0.05) is 12.8 Å². The maximum Gasteiger partial charge on any atom is 0.254 e. The number of hydrazone groups is 1. The van der Waals surface area contributed by atoms with Crippen LogP contribution in [0.1, 0.15) is 31.2 Å². The fourth-order valence-corrected chi connectivity index (χ4v) is 2.67. The maximum atomic E-state index is 11.7. The predicted octanol–water partition coefficient (Wildman–Crippen LogP) is 2.07. The van der Waals surface area contributed by atoms with E-state index >= 15 is 0 Å². The van der Waals surface area contributed by atoms with Crippen molar-refractivity contribution in [1.29, 1.82) is 0 Å². The first kappa shape index (κ1) is 13.2. The number of amides is 1. The van der Waals surface area contributed by atoms with E-state index < -0.39 is 0 Å². The molecular weight excluding hydrogens is 246 g/mol. The zero-order chi connectivity index (χ0) is 12.6. The number of carbonyl (C=O) groups excluding carboxylic acids is 1. The van der Waals surface area contributed by atoms with Crippen molar-refractivity contribution in [1.82, 2.24) is 10.3 Å². The predicted molar refractivity (Wildman–Crippen MR) is 75.0 cm³/mol. The second-order valence-corrected chi connectivity index (χ2v) is 5.32. The van der Waals surface area contributed by atoms with Gasteiger partial charge >= 0.3 is 0 Å². The average molecular weight is 265 g/mol. The van der Waals surface area contributed by atoms with Crippen molar-refractivity contribution in [3.05, 3.63) is 22.4 Å². The molecule has 98 valence electrons. The van der Waals surface area contributed by atoms with Gasteiger partial charge in [-0.3, -0.25) is 9.69 Å². The molecule has 0 spiro atoms. The smallest absolute Gasteiger partial charge is 0.254 e. The Kier molecular flexibility index (Phi) is 5.36. The first-order valence-electron chi connectivity index (χ1n) is 6.41. The first-order valence-corrected chi connectivity index (χ1v) is 7.35. The molecule has 1 saturated heterocycles. The van der Waals surface area contributed by atoms with Crippen LogP contribution < -0.4 is 5.43 Å². The highest BCUT2D eigenvalue weighted by Crippen LogP contribution is 2.08. The summed E-state index contributed by atoms with van der Waals surface area (Å²) >= 11 is 1.62. The summed E-state index contributed by atoms with van der Waals surface area (Å²) in [6.45, 7) is 2.52. The fraction of sp³-hybridized carbons (Fsp3) is 0.538. The molecule has 0 aliphatic carbocycles. The standard InChI is InChI=1S/C13H19N3OS/c17-13(10-16-6-3-1-2-4-7-16)15-14-9-12-5-8-18-11-12/h5,8-9,11H,1-4,6-7,10H2,(H,15,17)/b14-9+. The zero-order valence-corrected chi connectivity index (χ0v) is 11.3. The molecule has 2 heterocycles. The summed E-state index contributed by atoms with van der Waals surface area (Å²) in [5, 5.41) is 7.94. The van der Waals surface area contributed by atoms with Gasteiger partial charge in [0.2, 0.25) is 0 Å². The summed E-state index contributed by atoms with van der Waals surface area (Å²) in [5.74, 6) is -0.0246. The summed E-state index contributed by atoms with van der Waals surface area (Å²) < 4.78 is 0. The van der Waals surface area contributed by atoms with Crippen molar-refractivity contribution >= 4 is 23.5 Å². The van der Waals surface area contributed by atoms with Crippen LogP contribution >= 0.6 is 11.3 Å². The van der Waals surface area contributed by atoms with Crippen LogP contribution in [0.5, 0.6) is 0 Å². The molecule has 0 bridgehead atoms. The molecular formula is C13H19N3OS. The van der Waals surface area contributed by atoms with Crippen molar-refractivity contribution in [2.75, 3.05) is 19.6 Å². The maximum absolute atomic E-state index is 11.7. The lowest BCUT2D eigenvalue weighted by Gasteiger charge is -2.17. The summed E-state index contributed by atoms with van der Waals surface area (Å²) in [7, 11) is 0. The van der Waals surface area contributed by atoms with Crippen molar-refractivity contribution < 1.29 is 4.79 Å². The highest BCUT2D eigenvalue weighted by Gasteiger charge is 2.12. The van der Waals surface area contributed by atoms with Gasteiger partial charge in [0, 0.05) is 5.56 Å². The Labute approximate surface area is 112 Å². The Balaban J connectivity index is 1.71. The van der Waals surface area contributed by atoms with E-state index in [0.717, 1.165) is 18.7 Å². The Hall–Kier alpha value is -1.20. The van der Waals surface area contributed by atoms with E-state index in [9.17, 15) is 4.79 Å². The van der Waals surface area contributed by atoms with Crippen LogP contribution in [0.2, 0.25) is 0 Å². The number of thiophene rings is 1. The molecule has 1 aliphatic rings. The molecule has 0 atom stereocenters. The van der Waals surface area contributed by atoms with Gasteiger partial charge in [0.15, 0.2) is 0 Å². The van der Waals surface area contributed by atoms with Gasteiger partial charge in [0.05, 0.1) is 12.8 Å². The topological polar surface area (TPSA) is 44.7 Å². The molecule has 0 unspecified atom stereocenters. The minimum atomic E-state index is -0.0246. The Morgan fingerprint density at radius 3 is 2.83 bits per heavy atom. The first-order chi connectivity index (χ1) is 8.84. The lowest BCUT2D eigenvalue weighted by Crippen LogP contribution is -2.35. The van der Waals surface area contributed by atoms with E-state index in [4.69, 9.17) is 0 Å². The van der Waals surface area contributed by atoms with Gasteiger partial charge < -0.3 is 0 Å². The molecule has 0 saturated carbocycles. The molecule has 5 heteroatoms. The third-order valence-electron chi connectivity index (χ3n) is 3.01. The molecule has 0 radical (unpaired) electrons. The highest BCUT2D eigenvalue weighted by molar-refractivity contribution is 7.08. The molecule has 4 nitrogen and oxygen atoms in total. The quantitative estimate of drug-likeness (QED) is 0.669. The SMILES string of the molecule is O=C(CN1CCCCCC1)N/N=C/c1ccsc1. The van der Waals surface area contributed by atoms with E-state index in [0.29, 0.717) is 6.54 Å². The van der Waals surface area contributed by atoms with Crippen LogP contribution in [0.4, 0.5) is 0 Å². The lowest BCUT2D eigenvalue weighted by atomic mass is 10.2. The molecule has 1 aromatic heterocycles. The minimum Gasteiger partial charge on any atom is -0.294 e. The van der Waals surface area contributed by atoms with Crippen molar-refractivity contribution in [3.8, 4) is 0 Å². The summed E-state index contributed by atoms with van der Waals surface area (Å²) in [6, 6.07) is 1.97. The van der Waals surface area contributed by atoms with Crippen molar-refractivity contribution in [2.24, 2.45) is 5.10 Å². The van der Waals surface area contributed by atoms with Crippen molar-refractivity contribution in [2.45, 2.75) is 25.7 Å². The Bertz CT molecular complexity index is 381. The van der Waals surface area contributed by atoms with Crippen LogP contribution in [-0.2, 0) is 4.79 Å². The third kappa shape index (κ3) is 4.58. The molecule has 18 heavy (non-hydrogen) atoms. The van der Waals surface area contributed by atoms with Crippen LogP contribution in [0, 0.1) is 0 Å². The number of nitrogens with one attached hydrogen (secondary N) is 1. The summed E-state index contributed by atoms with van der Waals surface area (Å²) in [5.41, 5.74) is 3.61. The molecule has 2 rings (SSSR count). The summed E-state index contributed by atoms with van der Waals surface area (Å²) in [4.78, 5) is 13.9. The second-order valence-electron chi connectivity index (χ2n) is 4.54. The molecule has 1 aromatic rings. The molecule has 1 N–H and O–H groups in total. The van der Waals surface area contributed by atoms with E-state index in [2.05, 4.69) is 15.4 Å². The van der Waals surface area contributed by atoms with Gasteiger partial charge in [-0.15, -0.1) is 0 Å². The third-order valence-corrected chi connectivity index (χ3v) is 3.71. The van der Waals surface area contributed by atoms with E-state index in [1.165, 1.54) is 25.7 Å². The number of rotatable bonds is 4. The Morgan fingerprint density at radius 1 is 1.39 bits per heavy atom. The van der Waals surface area contributed by atoms with Gasteiger partial charge in [0.25, 0.3) is 5.91 Å². The van der Waals surface area contributed by atoms with Gasteiger partial charge in [-0.25, -0.2) is 5.43 Å². The van der Waals surface area contributed by atoms with Gasteiger partial charge in [0.1, 0.15) is 0 Å². The zero-order valence-electron chi connectivity index (χ0n) is 10.5. The molecule has 1 fully saturated rings. The molecule has 1 amide bonds. The fourth-order valence-electron chi connectivity index (χ4n) is 2.06. The van der Waals surface area contributed by atoms with E-state index in [1.807, 2.05) is 16.8 Å². The van der Waals surface area contributed by atoms with Crippen LogP contribution in [0.25, 0.3) is 0 Å². The number of hydrogen-bond donors (Lipinski definition) is 1. The number of nitrogens with zero attached hydrogens (tertiary/aromatic N) is 2. The van der Waals surface area contributed by atoms with E-state index in [1.54, 1.807) is 17.6 Å². The Morgan fingerprint density at radius 2 is 2.17 bits per heavy atom. The van der Waals surface area contributed by atoms with Gasteiger partial charge in [-0.2, -0.15) is 16.4 Å². The summed E-state index contributed by atoms with van der Waals surface area (Å²) in [6.07, 6.45) is 6.65. The lowest BCUT2D eigenvalue weighted by molar-refractivity contribution is -0.122. The normalized spacial score (nSPS) is 17.8. The number of hydrogen-bond acceptors (Lipinski definition) is 4. The van der Waals surface area contributed by atoms with Crippen LogP contribution in [-0.4, -0.2) is 36.7 Å². The second kappa shape index (κ2) is 7.28. The number of likely N-dealkylation sites (tertiary alicyclic amines) is 1. The molecule has 1 aliphatic heterocycles. The van der Waals surface area contributed by atoms with Crippen LogP contribution in [0.3, 0.4) is 0 Å². The highest BCUT2D eigenvalue weighted by atomic mass is 32.1. The largest absolute Gasteiger partial charge is 0.294 e. The van der Waals surface area contributed by atoms with Crippen molar-refractivity contribution in [3.63, 3.8) is 0 Å². The van der Waals surface area contributed by atoms with Gasteiger partial charge in [-0.05, 0) is 42.8 Å².